The molecule has 3 rings (SSSR count). The smallest absolute Gasteiger partial charge is 0.226 e. The van der Waals surface area contributed by atoms with Crippen LogP contribution in [0.1, 0.15) is 28.7 Å². The van der Waals surface area contributed by atoms with Gasteiger partial charge >= 0.3 is 0 Å². The molecule has 0 fully saturated rings. The lowest BCUT2D eigenvalue weighted by molar-refractivity contribution is -0.116. The molecule has 128 valence electrons. The molecule has 1 amide bonds. The lowest BCUT2D eigenvalue weighted by Crippen LogP contribution is -2.12. The van der Waals surface area contributed by atoms with Gasteiger partial charge < -0.3 is 5.32 Å². The Morgan fingerprint density at radius 3 is 2.72 bits per heavy atom. The Hall–Kier alpha value is -2.53. The van der Waals surface area contributed by atoms with E-state index in [1.165, 1.54) is 28.0 Å². The van der Waals surface area contributed by atoms with Crippen molar-refractivity contribution in [3.8, 4) is 11.3 Å². The van der Waals surface area contributed by atoms with Crippen molar-refractivity contribution in [2.24, 2.45) is 0 Å². The van der Waals surface area contributed by atoms with Gasteiger partial charge in [-0.05, 0) is 61.6 Å². The molecule has 3 aromatic rings. The third kappa shape index (κ3) is 4.31. The van der Waals surface area contributed by atoms with Gasteiger partial charge in [0.15, 0.2) is 5.13 Å². The predicted molar refractivity (Wildman–Crippen MR) is 103 cm³/mol. The number of nitrogens with one attached hydrogen (secondary N) is 1. The van der Waals surface area contributed by atoms with Crippen LogP contribution in [0.4, 0.5) is 5.13 Å². The highest BCUT2D eigenvalue weighted by Crippen LogP contribution is 2.29. The first-order valence-corrected chi connectivity index (χ1v) is 9.13. The quantitative estimate of drug-likeness (QED) is 0.725. The summed E-state index contributed by atoms with van der Waals surface area (Å²) in [5.41, 5.74) is 6.81. The van der Waals surface area contributed by atoms with Gasteiger partial charge in [0.2, 0.25) is 5.91 Å². The van der Waals surface area contributed by atoms with Crippen LogP contribution in [0.25, 0.3) is 11.3 Å². The summed E-state index contributed by atoms with van der Waals surface area (Å²) in [5, 5.41) is 5.53. The summed E-state index contributed by atoms with van der Waals surface area (Å²) in [6.45, 7) is 6.31. The zero-order valence-electron chi connectivity index (χ0n) is 14.7. The predicted octanol–water partition coefficient (Wildman–Crippen LogP) is 4.70. The van der Waals surface area contributed by atoms with E-state index < -0.39 is 0 Å². The van der Waals surface area contributed by atoms with E-state index in [0.717, 1.165) is 16.8 Å². The summed E-state index contributed by atoms with van der Waals surface area (Å²) in [4.78, 5) is 20.8. The van der Waals surface area contributed by atoms with Crippen molar-refractivity contribution in [1.82, 2.24) is 9.97 Å². The third-order valence-corrected chi connectivity index (χ3v) is 4.99. The molecule has 0 saturated carbocycles. The first-order chi connectivity index (χ1) is 12.0. The zero-order valence-corrected chi connectivity index (χ0v) is 15.5. The lowest BCUT2D eigenvalue weighted by Gasteiger charge is -2.07. The maximum atomic E-state index is 12.1. The second-order valence-electron chi connectivity index (χ2n) is 6.20. The van der Waals surface area contributed by atoms with Crippen molar-refractivity contribution >= 4 is 22.4 Å². The molecule has 0 aliphatic carbocycles. The van der Waals surface area contributed by atoms with E-state index in [0.29, 0.717) is 18.0 Å². The lowest BCUT2D eigenvalue weighted by atomic mass is 9.99. The highest BCUT2D eigenvalue weighted by Gasteiger charge is 2.11. The Kier molecular flexibility index (Phi) is 5.24. The molecular weight excluding hydrogens is 330 g/mol. The monoisotopic (exact) mass is 351 g/mol. The summed E-state index contributed by atoms with van der Waals surface area (Å²) in [7, 11) is 0. The molecule has 2 aromatic heterocycles. The fourth-order valence-corrected chi connectivity index (χ4v) is 3.40. The molecule has 1 aromatic carbocycles. The fraction of sp³-hybridized carbons (Fsp3) is 0.250. The van der Waals surface area contributed by atoms with Crippen LogP contribution in [0.15, 0.2) is 42.0 Å². The van der Waals surface area contributed by atoms with Gasteiger partial charge in [-0.15, -0.1) is 11.3 Å². The van der Waals surface area contributed by atoms with Crippen LogP contribution in [0.2, 0.25) is 0 Å². The van der Waals surface area contributed by atoms with Gasteiger partial charge in [-0.1, -0.05) is 12.1 Å². The van der Waals surface area contributed by atoms with Crippen LogP contribution < -0.4 is 5.32 Å². The molecule has 1 N–H and O–H groups in total. The Balaban J connectivity index is 1.65. The molecular formula is C20H21N3OS. The average molecular weight is 351 g/mol. The number of aromatic nitrogens is 2. The van der Waals surface area contributed by atoms with E-state index in [9.17, 15) is 4.79 Å². The van der Waals surface area contributed by atoms with Crippen molar-refractivity contribution < 1.29 is 4.79 Å². The minimum atomic E-state index is -0.0263. The number of carbonyl (C=O) groups excluding carboxylic acids is 1. The number of thiazole rings is 1. The summed E-state index contributed by atoms with van der Waals surface area (Å²) in [6.07, 6.45) is 4.62. The number of rotatable bonds is 5. The normalized spacial score (nSPS) is 10.7. The van der Waals surface area contributed by atoms with Gasteiger partial charge in [-0.25, -0.2) is 4.98 Å². The number of nitrogens with zero attached hydrogens (tertiary/aromatic N) is 2. The standard InChI is InChI=1S/C20H21N3OS/c1-13-9-15(3)17(10-14(13)2)18-12-25-20(22-18)23-19(24)7-6-16-5-4-8-21-11-16/h4-5,8-12H,6-7H2,1-3H3,(H,22,23,24). The van der Waals surface area contributed by atoms with Crippen LogP contribution in [-0.4, -0.2) is 15.9 Å². The summed E-state index contributed by atoms with van der Waals surface area (Å²) in [5.74, 6) is -0.0263. The molecule has 0 radical (unpaired) electrons. The van der Waals surface area contributed by atoms with Crippen LogP contribution in [-0.2, 0) is 11.2 Å². The summed E-state index contributed by atoms with van der Waals surface area (Å²) >= 11 is 1.46. The SMILES string of the molecule is Cc1cc(C)c(-c2csc(NC(=O)CCc3cccnc3)n2)cc1C. The number of anilines is 1. The molecule has 2 heterocycles. The molecule has 0 unspecified atom stereocenters. The maximum absolute atomic E-state index is 12.1. The van der Waals surface area contributed by atoms with E-state index in [1.807, 2.05) is 17.5 Å². The van der Waals surface area contributed by atoms with Crippen molar-refractivity contribution in [3.05, 3.63) is 64.3 Å². The zero-order chi connectivity index (χ0) is 17.8. The highest BCUT2D eigenvalue weighted by molar-refractivity contribution is 7.14. The number of aryl methyl sites for hydroxylation is 4. The van der Waals surface area contributed by atoms with Gasteiger partial charge in [0.25, 0.3) is 0 Å². The van der Waals surface area contributed by atoms with Gasteiger partial charge in [0, 0.05) is 29.8 Å². The molecule has 25 heavy (non-hydrogen) atoms. The van der Waals surface area contributed by atoms with Crippen molar-refractivity contribution in [1.29, 1.82) is 0 Å². The van der Waals surface area contributed by atoms with E-state index >= 15 is 0 Å². The van der Waals surface area contributed by atoms with Crippen LogP contribution >= 0.6 is 11.3 Å². The Morgan fingerprint density at radius 1 is 1.16 bits per heavy atom. The van der Waals surface area contributed by atoms with Crippen molar-refractivity contribution in [2.45, 2.75) is 33.6 Å². The number of amides is 1. The Bertz CT molecular complexity index is 887. The Labute approximate surface area is 152 Å². The Morgan fingerprint density at radius 2 is 1.96 bits per heavy atom. The second-order valence-corrected chi connectivity index (χ2v) is 7.06. The minimum Gasteiger partial charge on any atom is -0.302 e. The first-order valence-electron chi connectivity index (χ1n) is 8.25. The van der Waals surface area contributed by atoms with E-state index in [1.54, 1.807) is 12.4 Å². The van der Waals surface area contributed by atoms with Crippen LogP contribution in [0.3, 0.4) is 0 Å². The maximum Gasteiger partial charge on any atom is 0.226 e. The van der Waals surface area contributed by atoms with Crippen LogP contribution in [0.5, 0.6) is 0 Å². The average Bonchev–Trinajstić information content (AvgIpc) is 3.05. The fourth-order valence-electron chi connectivity index (χ4n) is 2.68. The van der Waals surface area contributed by atoms with Crippen molar-refractivity contribution in [2.75, 3.05) is 5.32 Å². The minimum absolute atomic E-state index is 0.0263. The van der Waals surface area contributed by atoms with Gasteiger partial charge in [-0.2, -0.15) is 0 Å². The number of carbonyl (C=O) groups is 1. The van der Waals surface area contributed by atoms with E-state index in [4.69, 9.17) is 0 Å². The molecule has 5 heteroatoms. The second kappa shape index (κ2) is 7.57. The third-order valence-electron chi connectivity index (χ3n) is 4.23. The van der Waals surface area contributed by atoms with Gasteiger partial charge in [-0.3, -0.25) is 9.78 Å². The van der Waals surface area contributed by atoms with E-state index in [-0.39, 0.29) is 5.91 Å². The van der Waals surface area contributed by atoms with Crippen LogP contribution in [0, 0.1) is 20.8 Å². The molecule has 0 bridgehead atoms. The van der Waals surface area contributed by atoms with Gasteiger partial charge in [0.1, 0.15) is 0 Å². The van der Waals surface area contributed by atoms with Gasteiger partial charge in [0.05, 0.1) is 5.69 Å². The number of hydrogen-bond donors (Lipinski definition) is 1. The molecule has 0 saturated heterocycles. The summed E-state index contributed by atoms with van der Waals surface area (Å²) < 4.78 is 0. The number of hydrogen-bond acceptors (Lipinski definition) is 4. The largest absolute Gasteiger partial charge is 0.302 e. The molecule has 0 spiro atoms. The number of pyridine rings is 1. The molecule has 4 nitrogen and oxygen atoms in total. The molecule has 0 atom stereocenters. The topological polar surface area (TPSA) is 54.9 Å². The number of benzene rings is 1. The highest BCUT2D eigenvalue weighted by atomic mass is 32.1. The molecule has 0 aliphatic rings. The first kappa shape index (κ1) is 17.3. The summed E-state index contributed by atoms with van der Waals surface area (Å²) in [6, 6.07) is 8.19. The molecule has 0 aliphatic heterocycles. The van der Waals surface area contributed by atoms with E-state index in [2.05, 4.69) is 48.2 Å². The van der Waals surface area contributed by atoms with Crippen molar-refractivity contribution in [3.63, 3.8) is 0 Å².